The second-order valence-corrected chi connectivity index (χ2v) is 7.84. The van der Waals surface area contributed by atoms with Crippen molar-refractivity contribution in [3.63, 3.8) is 0 Å². The Labute approximate surface area is 157 Å². The Bertz CT molecular complexity index is 790. The fraction of sp³-hybridized carbons (Fsp3) is 0.381. The van der Waals surface area contributed by atoms with Gasteiger partial charge < -0.3 is 9.47 Å². The molecular formula is C21H23FO3S. The highest BCUT2D eigenvalue weighted by molar-refractivity contribution is 7.99. The summed E-state index contributed by atoms with van der Waals surface area (Å²) >= 11 is 1.47. The topological polar surface area (TPSA) is 35.5 Å². The molecule has 0 radical (unpaired) electrons. The number of hydrogen-bond acceptors (Lipinski definition) is 4. The van der Waals surface area contributed by atoms with Crippen molar-refractivity contribution in [2.45, 2.75) is 48.2 Å². The maximum Gasteiger partial charge on any atom is 0.159 e. The third-order valence-corrected chi connectivity index (χ3v) is 5.79. The Hall–Kier alpha value is -1.69. The average molecular weight is 374 g/mol. The lowest BCUT2D eigenvalue weighted by Gasteiger charge is -2.39. The van der Waals surface area contributed by atoms with E-state index in [-0.39, 0.29) is 17.7 Å². The smallest absolute Gasteiger partial charge is 0.159 e. The molecule has 1 fully saturated rings. The minimum atomic E-state index is -0.520. The summed E-state index contributed by atoms with van der Waals surface area (Å²) in [6.07, 6.45) is 1.47. The predicted molar refractivity (Wildman–Crippen MR) is 100 cm³/mol. The summed E-state index contributed by atoms with van der Waals surface area (Å²) in [6.45, 7) is 4.15. The minimum absolute atomic E-state index is 0.0327. The third kappa shape index (κ3) is 4.17. The van der Waals surface area contributed by atoms with Crippen LogP contribution in [0.2, 0.25) is 0 Å². The molecule has 0 unspecified atom stereocenters. The molecule has 0 spiro atoms. The number of carbonyl (C=O) groups excluding carboxylic acids is 1. The molecule has 0 amide bonds. The maximum absolute atomic E-state index is 14.3. The highest BCUT2D eigenvalue weighted by Gasteiger charge is 2.38. The number of rotatable bonds is 5. The van der Waals surface area contributed by atoms with Gasteiger partial charge in [-0.3, -0.25) is 4.79 Å². The molecule has 26 heavy (non-hydrogen) atoms. The van der Waals surface area contributed by atoms with Crippen molar-refractivity contribution in [3.8, 4) is 0 Å². The molecule has 3 nitrogen and oxygen atoms in total. The summed E-state index contributed by atoms with van der Waals surface area (Å²) in [5.41, 5.74) is 0.995. The second-order valence-electron chi connectivity index (χ2n) is 6.69. The molecule has 138 valence electrons. The molecule has 5 heteroatoms. The van der Waals surface area contributed by atoms with Crippen molar-refractivity contribution in [1.82, 2.24) is 0 Å². The van der Waals surface area contributed by atoms with Crippen LogP contribution >= 0.6 is 11.8 Å². The molecule has 2 aromatic carbocycles. The van der Waals surface area contributed by atoms with Gasteiger partial charge in [-0.1, -0.05) is 23.9 Å². The van der Waals surface area contributed by atoms with Crippen molar-refractivity contribution in [1.29, 1.82) is 0 Å². The zero-order chi connectivity index (χ0) is 18.7. The quantitative estimate of drug-likeness (QED) is 0.672. The molecule has 2 aromatic rings. The van der Waals surface area contributed by atoms with Crippen LogP contribution < -0.4 is 0 Å². The number of halogens is 1. The van der Waals surface area contributed by atoms with Gasteiger partial charge >= 0.3 is 0 Å². The first kappa shape index (κ1) is 19.1. The number of methoxy groups -OCH3 is 1. The van der Waals surface area contributed by atoms with Gasteiger partial charge in [0.15, 0.2) is 5.78 Å². The summed E-state index contributed by atoms with van der Waals surface area (Å²) < 4.78 is 25.8. The number of benzene rings is 2. The Morgan fingerprint density at radius 1 is 1.23 bits per heavy atom. The van der Waals surface area contributed by atoms with Gasteiger partial charge in [-0.25, -0.2) is 4.39 Å². The standard InChI is InChI=1S/C21H23FO3S/c1-14-13-21(24-3,8-9-25-14)17-10-18(22)12-20(11-17)26-19-6-4-16(5-7-19)15(2)23/h4-7,10-12,14H,8-9,13H2,1-3H3/t14-,21+/m0/s1. The number of ketones is 1. The van der Waals surface area contributed by atoms with Crippen LogP contribution in [0.5, 0.6) is 0 Å². The molecule has 0 bridgehead atoms. The van der Waals surface area contributed by atoms with Crippen molar-refractivity contribution in [3.05, 3.63) is 59.4 Å². The van der Waals surface area contributed by atoms with Gasteiger partial charge in [-0.05, 0) is 49.7 Å². The maximum atomic E-state index is 14.3. The monoisotopic (exact) mass is 374 g/mol. The van der Waals surface area contributed by atoms with E-state index in [0.717, 1.165) is 15.4 Å². The van der Waals surface area contributed by atoms with Gasteiger partial charge in [0, 0.05) is 35.3 Å². The highest BCUT2D eigenvalue weighted by Crippen LogP contribution is 2.40. The van der Waals surface area contributed by atoms with Crippen molar-refractivity contribution < 1.29 is 18.7 Å². The van der Waals surface area contributed by atoms with Gasteiger partial charge in [0.1, 0.15) is 5.82 Å². The molecule has 0 N–H and O–H groups in total. The molecule has 1 aliphatic rings. The first-order chi connectivity index (χ1) is 12.4. The van der Waals surface area contributed by atoms with Crippen LogP contribution in [0, 0.1) is 5.82 Å². The Kier molecular flexibility index (Phi) is 5.80. The zero-order valence-corrected chi connectivity index (χ0v) is 16.1. The van der Waals surface area contributed by atoms with Crippen molar-refractivity contribution in [2.24, 2.45) is 0 Å². The SMILES string of the molecule is CO[C@]1(c2cc(F)cc(Sc3ccc(C(C)=O)cc3)c2)CCO[C@@H](C)C1. The van der Waals surface area contributed by atoms with E-state index in [1.807, 2.05) is 25.1 Å². The normalized spacial score (nSPS) is 23.0. The van der Waals surface area contributed by atoms with Gasteiger partial charge in [0.2, 0.25) is 0 Å². The number of carbonyl (C=O) groups is 1. The Morgan fingerprint density at radius 2 is 1.96 bits per heavy atom. The predicted octanol–water partition coefficient (Wildman–Crippen LogP) is 5.22. The second kappa shape index (κ2) is 7.91. The van der Waals surface area contributed by atoms with Gasteiger partial charge in [-0.15, -0.1) is 0 Å². The summed E-state index contributed by atoms with van der Waals surface area (Å²) in [7, 11) is 1.68. The molecule has 1 saturated heterocycles. The van der Waals surface area contributed by atoms with Crippen LogP contribution in [-0.2, 0) is 15.1 Å². The molecule has 0 aromatic heterocycles. The first-order valence-corrected chi connectivity index (χ1v) is 9.50. The molecule has 3 rings (SSSR count). The molecule has 0 saturated carbocycles. The summed E-state index contributed by atoms with van der Waals surface area (Å²) in [6, 6.07) is 12.4. The van der Waals surface area contributed by atoms with E-state index in [1.54, 1.807) is 32.2 Å². The molecule has 1 heterocycles. The summed E-state index contributed by atoms with van der Waals surface area (Å²) in [5.74, 6) is -0.244. The molecule has 0 aliphatic carbocycles. The summed E-state index contributed by atoms with van der Waals surface area (Å²) in [4.78, 5) is 13.2. The Morgan fingerprint density at radius 3 is 2.58 bits per heavy atom. The Balaban J connectivity index is 1.88. The third-order valence-electron chi connectivity index (χ3n) is 4.81. The van der Waals surface area contributed by atoms with E-state index in [9.17, 15) is 9.18 Å². The number of hydrogen-bond donors (Lipinski definition) is 0. The van der Waals surface area contributed by atoms with Crippen LogP contribution in [-0.4, -0.2) is 25.6 Å². The van der Waals surface area contributed by atoms with Crippen molar-refractivity contribution in [2.75, 3.05) is 13.7 Å². The lowest BCUT2D eigenvalue weighted by molar-refractivity contribution is -0.122. The number of ether oxygens (including phenoxy) is 2. The van der Waals surface area contributed by atoms with E-state index in [2.05, 4.69) is 0 Å². The van der Waals surface area contributed by atoms with Gasteiger partial charge in [0.25, 0.3) is 0 Å². The number of Topliss-reactive ketones (excluding diaryl/α,β-unsaturated/α-hetero) is 1. The van der Waals surface area contributed by atoms with E-state index >= 15 is 0 Å². The zero-order valence-electron chi connectivity index (χ0n) is 15.3. The minimum Gasteiger partial charge on any atom is -0.378 e. The van der Waals surface area contributed by atoms with E-state index in [0.29, 0.717) is 25.0 Å². The fourth-order valence-electron chi connectivity index (χ4n) is 3.39. The lowest BCUT2D eigenvalue weighted by Crippen LogP contribution is -2.39. The van der Waals surface area contributed by atoms with Crippen molar-refractivity contribution >= 4 is 17.5 Å². The highest BCUT2D eigenvalue weighted by atomic mass is 32.2. The largest absolute Gasteiger partial charge is 0.378 e. The van der Waals surface area contributed by atoms with Gasteiger partial charge in [0.05, 0.1) is 18.3 Å². The van der Waals surface area contributed by atoms with Gasteiger partial charge in [-0.2, -0.15) is 0 Å². The van der Waals surface area contributed by atoms with E-state index in [4.69, 9.17) is 9.47 Å². The molecular weight excluding hydrogens is 351 g/mol. The molecule has 2 atom stereocenters. The van der Waals surface area contributed by atoms with Crippen LogP contribution in [0.15, 0.2) is 52.3 Å². The average Bonchev–Trinajstić information content (AvgIpc) is 2.61. The van der Waals surface area contributed by atoms with Crippen LogP contribution in [0.4, 0.5) is 4.39 Å². The van der Waals surface area contributed by atoms with Crippen LogP contribution in [0.1, 0.15) is 42.6 Å². The summed E-state index contributed by atoms with van der Waals surface area (Å²) in [5, 5.41) is 0. The molecule has 1 aliphatic heterocycles. The van der Waals surface area contributed by atoms with E-state index < -0.39 is 5.60 Å². The fourth-order valence-corrected chi connectivity index (χ4v) is 4.30. The van der Waals surface area contributed by atoms with Crippen LogP contribution in [0.25, 0.3) is 0 Å². The lowest BCUT2D eigenvalue weighted by atomic mass is 9.83. The van der Waals surface area contributed by atoms with Crippen LogP contribution in [0.3, 0.4) is 0 Å². The van der Waals surface area contributed by atoms with E-state index in [1.165, 1.54) is 17.8 Å². The first-order valence-electron chi connectivity index (χ1n) is 8.68.